The molecule has 0 spiro atoms. The van der Waals surface area contributed by atoms with Gasteiger partial charge in [-0.15, -0.1) is 12.4 Å². The third kappa shape index (κ3) is 3.45. The van der Waals surface area contributed by atoms with Crippen LogP contribution in [0.4, 0.5) is 0 Å². The highest BCUT2D eigenvalue weighted by Gasteiger charge is 2.24. The van der Waals surface area contributed by atoms with Gasteiger partial charge in [0.2, 0.25) is 10.0 Å². The van der Waals surface area contributed by atoms with Gasteiger partial charge < -0.3 is 5.73 Å². The van der Waals surface area contributed by atoms with Gasteiger partial charge in [0.15, 0.2) is 0 Å². The first-order valence-corrected chi connectivity index (χ1v) is 7.00. The molecular formula is C12H21ClN2O2S. The molecule has 1 atom stereocenters. The number of likely N-dealkylation sites (N-methyl/N-ethyl adjacent to an activating group) is 1. The summed E-state index contributed by atoms with van der Waals surface area (Å²) in [4.78, 5) is 0.323. The van der Waals surface area contributed by atoms with Gasteiger partial charge in [-0.1, -0.05) is 6.07 Å². The van der Waals surface area contributed by atoms with Crippen molar-refractivity contribution >= 4 is 22.4 Å². The van der Waals surface area contributed by atoms with Crippen molar-refractivity contribution < 1.29 is 8.42 Å². The molecule has 0 radical (unpaired) electrons. The van der Waals surface area contributed by atoms with Crippen LogP contribution in [0.25, 0.3) is 0 Å². The van der Waals surface area contributed by atoms with Crippen molar-refractivity contribution in [2.24, 2.45) is 5.73 Å². The second-order valence-corrected chi connectivity index (χ2v) is 6.35. The van der Waals surface area contributed by atoms with E-state index >= 15 is 0 Å². The summed E-state index contributed by atoms with van der Waals surface area (Å²) in [5, 5.41) is 0. The SMILES string of the molecule is Cc1ccc(S(=O)(=O)N(C)C(C)CN)cc1C.Cl. The van der Waals surface area contributed by atoms with Gasteiger partial charge in [-0.3, -0.25) is 0 Å². The largest absolute Gasteiger partial charge is 0.329 e. The van der Waals surface area contributed by atoms with Gasteiger partial charge in [-0.25, -0.2) is 8.42 Å². The summed E-state index contributed by atoms with van der Waals surface area (Å²) in [5.41, 5.74) is 7.55. The molecule has 2 N–H and O–H groups in total. The van der Waals surface area contributed by atoms with E-state index < -0.39 is 10.0 Å². The summed E-state index contributed by atoms with van der Waals surface area (Å²) in [7, 11) is -1.88. The zero-order chi connectivity index (χ0) is 13.2. The number of nitrogens with zero attached hydrogens (tertiary/aromatic N) is 1. The lowest BCUT2D eigenvalue weighted by atomic mass is 10.1. The Hall–Kier alpha value is -0.620. The van der Waals surface area contributed by atoms with Crippen molar-refractivity contribution in [3.05, 3.63) is 29.3 Å². The maximum atomic E-state index is 12.3. The van der Waals surface area contributed by atoms with Crippen molar-refractivity contribution in [2.75, 3.05) is 13.6 Å². The average molecular weight is 293 g/mol. The number of halogens is 1. The fourth-order valence-electron chi connectivity index (χ4n) is 1.43. The van der Waals surface area contributed by atoms with E-state index in [0.29, 0.717) is 11.4 Å². The lowest BCUT2D eigenvalue weighted by molar-refractivity contribution is 0.394. The molecule has 0 aromatic heterocycles. The second-order valence-electron chi connectivity index (χ2n) is 4.35. The van der Waals surface area contributed by atoms with E-state index in [0.717, 1.165) is 11.1 Å². The minimum absolute atomic E-state index is 0. The second kappa shape index (κ2) is 6.52. The smallest absolute Gasteiger partial charge is 0.243 e. The molecule has 0 heterocycles. The fourth-order valence-corrected chi connectivity index (χ4v) is 2.88. The zero-order valence-electron chi connectivity index (χ0n) is 11.2. The monoisotopic (exact) mass is 292 g/mol. The maximum absolute atomic E-state index is 12.3. The molecule has 0 saturated carbocycles. The van der Waals surface area contributed by atoms with E-state index in [-0.39, 0.29) is 18.4 Å². The minimum Gasteiger partial charge on any atom is -0.329 e. The Balaban J connectivity index is 0.00000289. The molecule has 1 aromatic carbocycles. The quantitative estimate of drug-likeness (QED) is 0.918. The van der Waals surface area contributed by atoms with Crippen LogP contribution in [-0.4, -0.2) is 32.4 Å². The van der Waals surface area contributed by atoms with Crippen molar-refractivity contribution in [1.82, 2.24) is 4.31 Å². The third-order valence-electron chi connectivity index (χ3n) is 3.12. The van der Waals surface area contributed by atoms with Gasteiger partial charge in [0.1, 0.15) is 0 Å². The number of benzene rings is 1. The van der Waals surface area contributed by atoms with Crippen LogP contribution in [0.2, 0.25) is 0 Å². The summed E-state index contributed by atoms with van der Waals surface area (Å²) in [6.45, 7) is 5.96. The first kappa shape index (κ1) is 17.4. The molecule has 6 heteroatoms. The first-order chi connectivity index (χ1) is 7.80. The molecule has 104 valence electrons. The minimum atomic E-state index is -3.44. The van der Waals surface area contributed by atoms with Crippen molar-refractivity contribution in [1.29, 1.82) is 0 Å². The summed E-state index contributed by atoms with van der Waals surface area (Å²) in [6.07, 6.45) is 0. The van der Waals surface area contributed by atoms with E-state index in [1.807, 2.05) is 19.9 Å². The molecule has 1 aromatic rings. The van der Waals surface area contributed by atoms with Crippen molar-refractivity contribution in [3.8, 4) is 0 Å². The standard InChI is InChI=1S/C12H20N2O2S.ClH/c1-9-5-6-12(7-10(9)2)17(15,16)14(4)11(3)8-13;/h5-7,11H,8,13H2,1-4H3;1H. The predicted molar refractivity (Wildman–Crippen MR) is 76.6 cm³/mol. The third-order valence-corrected chi connectivity index (χ3v) is 5.08. The molecule has 0 aliphatic carbocycles. The van der Waals surface area contributed by atoms with Crippen LogP contribution >= 0.6 is 12.4 Å². The molecule has 0 bridgehead atoms. The normalized spacial score (nSPS) is 13.2. The Kier molecular flexibility index (Phi) is 6.29. The summed E-state index contributed by atoms with van der Waals surface area (Å²) in [6, 6.07) is 4.95. The Morgan fingerprint density at radius 1 is 1.28 bits per heavy atom. The average Bonchev–Trinajstić information content (AvgIpc) is 2.30. The first-order valence-electron chi connectivity index (χ1n) is 5.56. The molecule has 0 aliphatic rings. The maximum Gasteiger partial charge on any atom is 0.243 e. The van der Waals surface area contributed by atoms with E-state index in [9.17, 15) is 8.42 Å². The zero-order valence-corrected chi connectivity index (χ0v) is 12.8. The molecule has 4 nitrogen and oxygen atoms in total. The highest BCUT2D eigenvalue weighted by Crippen LogP contribution is 2.19. The molecule has 0 aliphatic heterocycles. The number of hydrogen-bond acceptors (Lipinski definition) is 3. The number of rotatable bonds is 4. The van der Waals surface area contributed by atoms with E-state index in [2.05, 4.69) is 0 Å². The highest BCUT2D eigenvalue weighted by atomic mass is 35.5. The predicted octanol–water partition coefficient (Wildman–Crippen LogP) is 1.69. The lowest BCUT2D eigenvalue weighted by Crippen LogP contribution is -2.39. The van der Waals surface area contributed by atoms with Gasteiger partial charge in [0, 0.05) is 19.6 Å². The van der Waals surface area contributed by atoms with Crippen molar-refractivity contribution in [3.63, 3.8) is 0 Å². The van der Waals surface area contributed by atoms with Crippen LogP contribution in [-0.2, 0) is 10.0 Å². The Morgan fingerprint density at radius 3 is 2.28 bits per heavy atom. The number of hydrogen-bond donors (Lipinski definition) is 1. The van der Waals surface area contributed by atoms with Crippen LogP contribution < -0.4 is 5.73 Å². The van der Waals surface area contributed by atoms with E-state index in [1.165, 1.54) is 4.31 Å². The van der Waals surface area contributed by atoms with Crippen LogP contribution in [0.3, 0.4) is 0 Å². The van der Waals surface area contributed by atoms with Gasteiger partial charge in [-0.2, -0.15) is 4.31 Å². The molecule has 0 saturated heterocycles. The van der Waals surface area contributed by atoms with E-state index in [1.54, 1.807) is 26.1 Å². The Morgan fingerprint density at radius 2 is 1.83 bits per heavy atom. The molecule has 1 unspecified atom stereocenters. The Labute approximate surface area is 116 Å². The van der Waals surface area contributed by atoms with E-state index in [4.69, 9.17) is 5.73 Å². The van der Waals surface area contributed by atoms with Gasteiger partial charge >= 0.3 is 0 Å². The molecule has 18 heavy (non-hydrogen) atoms. The molecular weight excluding hydrogens is 272 g/mol. The molecule has 0 fully saturated rings. The summed E-state index contributed by atoms with van der Waals surface area (Å²) in [5.74, 6) is 0. The molecule has 1 rings (SSSR count). The van der Waals surface area contributed by atoms with Crippen LogP contribution in [0.5, 0.6) is 0 Å². The fraction of sp³-hybridized carbons (Fsp3) is 0.500. The van der Waals surface area contributed by atoms with Crippen molar-refractivity contribution in [2.45, 2.75) is 31.7 Å². The topological polar surface area (TPSA) is 63.4 Å². The lowest BCUT2D eigenvalue weighted by Gasteiger charge is -2.23. The summed E-state index contributed by atoms with van der Waals surface area (Å²) >= 11 is 0. The molecule has 0 amide bonds. The Bertz CT molecular complexity index is 503. The van der Waals surface area contributed by atoms with Gasteiger partial charge in [-0.05, 0) is 44.0 Å². The highest BCUT2D eigenvalue weighted by molar-refractivity contribution is 7.89. The van der Waals surface area contributed by atoms with Gasteiger partial charge in [0.25, 0.3) is 0 Å². The number of aryl methyl sites for hydroxylation is 2. The van der Waals surface area contributed by atoms with Gasteiger partial charge in [0.05, 0.1) is 4.90 Å². The number of sulfonamides is 1. The number of nitrogens with two attached hydrogens (primary N) is 1. The van der Waals surface area contributed by atoms with Crippen LogP contribution in [0, 0.1) is 13.8 Å². The van der Waals surface area contributed by atoms with Crippen LogP contribution in [0.1, 0.15) is 18.1 Å². The van der Waals surface area contributed by atoms with Crippen LogP contribution in [0.15, 0.2) is 23.1 Å². The summed E-state index contributed by atoms with van der Waals surface area (Å²) < 4.78 is 25.8.